The Labute approximate surface area is 367 Å². The maximum atomic E-state index is 13.6. The average Bonchev–Trinajstić information content (AvgIpc) is 3.92. The maximum absolute atomic E-state index is 13.6. The van der Waals surface area contributed by atoms with E-state index in [-0.39, 0.29) is 52.0 Å². The number of fused-ring (bicyclic) bond motifs is 11. The number of aliphatic hydroxyl groups is 3. The molecule has 7 heteroatoms. The number of hydrogen-bond acceptors (Lipinski definition) is 6. The quantitative estimate of drug-likeness (QED) is 0.187. The Hall–Kier alpha value is -1.96. The Bertz CT molecular complexity index is 1880. The van der Waals surface area contributed by atoms with Crippen LogP contribution in [-0.2, 0) is 16.0 Å². The molecular formula is C54H82N2O5. The van der Waals surface area contributed by atoms with Gasteiger partial charge in [0.25, 0.3) is 0 Å². The van der Waals surface area contributed by atoms with E-state index in [0.29, 0.717) is 77.4 Å². The highest BCUT2D eigenvalue weighted by Gasteiger charge is 2.65. The van der Waals surface area contributed by atoms with Crippen molar-refractivity contribution in [2.24, 2.45) is 92.7 Å². The second kappa shape index (κ2) is 15.9. The summed E-state index contributed by atoms with van der Waals surface area (Å²) in [6.45, 7) is 15.1. The van der Waals surface area contributed by atoms with Crippen molar-refractivity contribution >= 4 is 17.0 Å². The van der Waals surface area contributed by atoms with Gasteiger partial charge in [-0.25, -0.2) is 4.98 Å². The normalized spacial score (nSPS) is 48.8. The number of nitrogens with one attached hydrogen (secondary N) is 1. The van der Waals surface area contributed by atoms with Gasteiger partial charge < -0.3 is 25.0 Å². The summed E-state index contributed by atoms with van der Waals surface area (Å²) in [5.41, 5.74) is 3.17. The molecule has 0 saturated heterocycles. The van der Waals surface area contributed by atoms with Crippen molar-refractivity contribution in [2.45, 2.75) is 194 Å². The lowest BCUT2D eigenvalue weighted by molar-refractivity contribution is -0.183. The molecule has 8 aliphatic carbocycles. The molecule has 2 unspecified atom stereocenters. The van der Waals surface area contributed by atoms with Crippen molar-refractivity contribution < 1.29 is 24.9 Å². The Morgan fingerprint density at radius 3 is 1.85 bits per heavy atom. The summed E-state index contributed by atoms with van der Waals surface area (Å²) in [4.78, 5) is 22.1. The summed E-state index contributed by atoms with van der Waals surface area (Å²) in [5.74, 6) is 7.37. The van der Waals surface area contributed by atoms with E-state index in [9.17, 15) is 20.1 Å². The van der Waals surface area contributed by atoms with Crippen LogP contribution < -0.4 is 0 Å². The first-order valence-corrected chi connectivity index (χ1v) is 25.8. The number of aliphatic hydroxyl groups excluding tert-OH is 3. The van der Waals surface area contributed by atoms with E-state index in [0.717, 1.165) is 87.5 Å². The fraction of sp³-hybridized carbons (Fsp3) is 0.852. The summed E-state index contributed by atoms with van der Waals surface area (Å²) in [5, 5.41) is 34.3. The van der Waals surface area contributed by atoms with Gasteiger partial charge in [-0.1, -0.05) is 53.7 Å². The molecule has 61 heavy (non-hydrogen) atoms. The van der Waals surface area contributed by atoms with Gasteiger partial charge in [0.2, 0.25) is 0 Å². The van der Waals surface area contributed by atoms with Crippen LogP contribution in [-0.4, -0.2) is 55.7 Å². The van der Waals surface area contributed by atoms with Crippen LogP contribution in [0.4, 0.5) is 0 Å². The third-order valence-electron chi connectivity index (χ3n) is 22.2. The highest BCUT2D eigenvalue weighted by atomic mass is 16.5. The van der Waals surface area contributed by atoms with Crippen molar-refractivity contribution in [3.63, 3.8) is 0 Å². The number of benzene rings is 1. The van der Waals surface area contributed by atoms with E-state index in [1.54, 1.807) is 0 Å². The summed E-state index contributed by atoms with van der Waals surface area (Å²) in [7, 11) is 0. The SMILES string of the molecule is C[C@H](CCC(=O)O[C@@H]1CC[C@@]2(C)C(C1)C[C@@H](O)[C@H]1[C@@H]3CC[C@H]([C@H](C)CCc4nc5ccccc5[nH]4)[C@@]3(C)CC[C@@H]12)[C@H]1CC[C@H]2[C@@H]3[C@H](O)CC4C[C@H](O)CC[C@]4(C)[C@H]3CC[C@]12C. The molecule has 8 saturated carbocycles. The maximum Gasteiger partial charge on any atom is 0.306 e. The van der Waals surface area contributed by atoms with Crippen LogP contribution in [0.15, 0.2) is 24.3 Å². The number of para-hydroxylation sites is 2. The third kappa shape index (κ3) is 7.03. The van der Waals surface area contributed by atoms with Crippen LogP contribution >= 0.6 is 0 Å². The van der Waals surface area contributed by atoms with Crippen LogP contribution in [0.3, 0.4) is 0 Å². The Kier molecular flexibility index (Phi) is 11.2. The molecule has 338 valence electrons. The zero-order valence-electron chi connectivity index (χ0n) is 38.8. The third-order valence-corrected chi connectivity index (χ3v) is 22.2. The van der Waals surface area contributed by atoms with E-state index in [4.69, 9.17) is 9.72 Å². The molecule has 20 atom stereocenters. The number of H-pyrrole nitrogens is 1. The van der Waals surface area contributed by atoms with Gasteiger partial charge in [-0.2, -0.15) is 0 Å². The minimum atomic E-state index is -0.256. The van der Waals surface area contributed by atoms with Gasteiger partial charge in [0, 0.05) is 12.8 Å². The molecule has 0 aliphatic heterocycles. The second-order valence-electron chi connectivity index (χ2n) is 24.6. The molecule has 10 rings (SSSR count). The van der Waals surface area contributed by atoms with E-state index < -0.39 is 0 Å². The fourth-order valence-electron chi connectivity index (χ4n) is 18.9. The summed E-state index contributed by atoms with van der Waals surface area (Å²) < 4.78 is 6.37. The largest absolute Gasteiger partial charge is 0.462 e. The smallest absolute Gasteiger partial charge is 0.306 e. The zero-order chi connectivity index (χ0) is 42.6. The minimum Gasteiger partial charge on any atom is -0.462 e. The molecule has 0 spiro atoms. The van der Waals surface area contributed by atoms with Crippen LogP contribution in [0.5, 0.6) is 0 Å². The van der Waals surface area contributed by atoms with Gasteiger partial charge in [0.1, 0.15) is 11.9 Å². The molecule has 4 N–H and O–H groups in total. The number of aryl methyl sites for hydroxylation is 1. The summed E-state index contributed by atoms with van der Waals surface area (Å²) in [6.07, 6.45) is 20.3. The highest BCUT2D eigenvalue weighted by molar-refractivity contribution is 5.74. The summed E-state index contributed by atoms with van der Waals surface area (Å²) in [6, 6.07) is 8.36. The number of aromatic nitrogens is 2. The molecular weight excluding hydrogens is 757 g/mol. The van der Waals surface area contributed by atoms with E-state index in [2.05, 4.69) is 70.8 Å². The van der Waals surface area contributed by atoms with Crippen LogP contribution in [0, 0.1) is 92.7 Å². The molecule has 2 aromatic rings. The first-order chi connectivity index (χ1) is 29.1. The highest BCUT2D eigenvalue weighted by Crippen LogP contribution is 2.70. The standard InChI is InChI=1S/C54H82N2O5/c1-31(11-17-47-55-43-9-7-8-10-44(43)56-47)37-13-15-40-50-42(22-26-53(37,40)5)52(4)24-20-36(28-34(52)30-46(50)59)61-48(60)18-12-32(2)38-14-16-39-49-41(21-25-54(38,39)6)51(3)23-19-35(57)27-33(51)29-45(49)58/h7-10,31-42,45-46,49-50,57-59H,11-30H2,1-6H3,(H,55,56)/t31-,32-,33?,34?,35-,36-,37-,38-,39+,40+,41+,42+,45-,46-,49+,50+,51+,52+,53-,54-/m1/s1. The van der Waals surface area contributed by atoms with Crippen LogP contribution in [0.25, 0.3) is 11.0 Å². The van der Waals surface area contributed by atoms with Crippen molar-refractivity contribution in [3.05, 3.63) is 30.1 Å². The number of ether oxygens (including phenoxy) is 1. The number of rotatable bonds is 9. The summed E-state index contributed by atoms with van der Waals surface area (Å²) >= 11 is 0. The van der Waals surface area contributed by atoms with Gasteiger partial charge >= 0.3 is 5.97 Å². The predicted octanol–water partition coefficient (Wildman–Crippen LogP) is 11.1. The van der Waals surface area contributed by atoms with Gasteiger partial charge in [0.05, 0.1) is 29.3 Å². The number of nitrogens with zero attached hydrogens (tertiary/aromatic N) is 1. The Balaban J connectivity index is 0.720. The van der Waals surface area contributed by atoms with E-state index in [1.807, 2.05) is 0 Å². The molecule has 8 fully saturated rings. The van der Waals surface area contributed by atoms with Crippen molar-refractivity contribution in [2.75, 3.05) is 0 Å². The molecule has 8 aliphatic rings. The lowest BCUT2D eigenvalue weighted by Crippen LogP contribution is -2.58. The number of carbonyl (C=O) groups excluding carboxylic acids is 1. The van der Waals surface area contributed by atoms with Gasteiger partial charge in [-0.05, 0) is 220 Å². The predicted molar refractivity (Wildman–Crippen MR) is 241 cm³/mol. The van der Waals surface area contributed by atoms with Gasteiger partial charge in [-0.3, -0.25) is 4.79 Å². The first kappa shape index (κ1) is 43.0. The number of hydrogen-bond donors (Lipinski definition) is 4. The number of imidazole rings is 1. The lowest BCUT2D eigenvalue weighted by Gasteiger charge is -2.62. The molecule has 0 radical (unpaired) electrons. The molecule has 0 bridgehead atoms. The molecule has 1 heterocycles. The second-order valence-corrected chi connectivity index (χ2v) is 24.6. The minimum absolute atomic E-state index is 0.0147. The van der Waals surface area contributed by atoms with E-state index >= 15 is 0 Å². The van der Waals surface area contributed by atoms with Crippen molar-refractivity contribution in [3.8, 4) is 0 Å². The monoisotopic (exact) mass is 839 g/mol. The molecule has 1 aromatic heterocycles. The van der Waals surface area contributed by atoms with Gasteiger partial charge in [0.15, 0.2) is 0 Å². The number of carbonyl (C=O) groups is 1. The van der Waals surface area contributed by atoms with Crippen LogP contribution in [0.2, 0.25) is 0 Å². The Morgan fingerprint density at radius 2 is 1.23 bits per heavy atom. The fourth-order valence-corrected chi connectivity index (χ4v) is 18.9. The van der Waals surface area contributed by atoms with Crippen molar-refractivity contribution in [1.29, 1.82) is 0 Å². The average molecular weight is 839 g/mol. The topological polar surface area (TPSA) is 116 Å². The Morgan fingerprint density at radius 1 is 0.689 bits per heavy atom. The van der Waals surface area contributed by atoms with Crippen LogP contribution in [0.1, 0.15) is 169 Å². The first-order valence-electron chi connectivity index (χ1n) is 25.8. The molecule has 0 amide bonds. The number of aromatic amines is 1. The molecule has 7 nitrogen and oxygen atoms in total. The van der Waals surface area contributed by atoms with E-state index in [1.165, 1.54) is 51.4 Å². The van der Waals surface area contributed by atoms with Gasteiger partial charge in [-0.15, -0.1) is 0 Å². The zero-order valence-corrected chi connectivity index (χ0v) is 38.8. The molecule has 1 aromatic carbocycles. The van der Waals surface area contributed by atoms with Crippen molar-refractivity contribution in [1.82, 2.24) is 9.97 Å². The number of esters is 1. The lowest BCUT2D eigenvalue weighted by atomic mass is 9.43.